The lowest BCUT2D eigenvalue weighted by molar-refractivity contribution is 0.893. The second kappa shape index (κ2) is 1.37. The van der Waals surface area contributed by atoms with Crippen LogP contribution in [-0.2, 0) is 0 Å². The Morgan fingerprint density at radius 2 is 2.14 bits per heavy atom. The fourth-order valence-corrected chi connectivity index (χ4v) is 0.462. The van der Waals surface area contributed by atoms with Crippen molar-refractivity contribution in [2.24, 2.45) is 5.10 Å². The van der Waals surface area contributed by atoms with Crippen LogP contribution < -0.4 is 5.43 Å². The molecule has 0 fully saturated rings. The van der Waals surface area contributed by atoms with Gasteiger partial charge >= 0.3 is 0 Å². The van der Waals surface area contributed by atoms with Crippen molar-refractivity contribution < 1.29 is 0 Å². The van der Waals surface area contributed by atoms with Gasteiger partial charge in [-0.1, -0.05) is 0 Å². The topological polar surface area (TPSA) is 26.5 Å². The van der Waals surface area contributed by atoms with E-state index in [0.717, 1.165) is 11.4 Å². The van der Waals surface area contributed by atoms with E-state index in [1.54, 1.807) is 0 Å². The third-order valence-corrected chi connectivity index (χ3v) is 0.712. The van der Waals surface area contributed by atoms with Crippen molar-refractivity contribution in [1.29, 1.82) is 0 Å². The molecule has 1 rings (SSSR count). The van der Waals surface area contributed by atoms with Gasteiger partial charge < -0.3 is 0 Å². The van der Waals surface area contributed by atoms with Crippen LogP contribution in [0.4, 0.5) is 0 Å². The first-order valence-electron chi connectivity index (χ1n) is 2.15. The summed E-state index contributed by atoms with van der Waals surface area (Å²) in [6, 6.07) is 0. The lowest BCUT2D eigenvalue weighted by Gasteiger charge is -1.78. The van der Waals surface area contributed by atoms with Crippen molar-refractivity contribution in [3.63, 3.8) is 0 Å². The van der Waals surface area contributed by atoms with Gasteiger partial charge in [0.05, 0.1) is 11.4 Å². The van der Waals surface area contributed by atoms with Gasteiger partial charge in [0, 0.05) is 6.08 Å². The number of nitrogens with zero attached hydrogens (tertiary/aromatic N) is 2. The van der Waals surface area contributed by atoms with Crippen LogP contribution in [0.1, 0.15) is 13.8 Å². The van der Waals surface area contributed by atoms with Gasteiger partial charge in [-0.25, -0.2) is 0 Å². The Kier molecular flexibility index (Phi) is 0.855. The Bertz CT molecular complexity index is 133. The molecule has 0 saturated carbocycles. The minimum atomic E-state index is 0.873. The largest absolute Gasteiger partial charge is 0.155 e. The normalized spacial score (nSPS) is 18.0. The number of rotatable bonds is 0. The molecule has 2 heteroatoms. The smallest absolute Gasteiger partial charge is 0.0698 e. The minimum absolute atomic E-state index is 0.873. The molecule has 7 heavy (non-hydrogen) atoms. The van der Waals surface area contributed by atoms with Gasteiger partial charge in [0.25, 0.3) is 0 Å². The fraction of sp³-hybridized carbons (Fsp3) is 0.400. The molecule has 0 aromatic carbocycles. The Hall–Kier alpha value is -0.790. The maximum Gasteiger partial charge on any atom is 0.0698 e. The highest BCUT2D eigenvalue weighted by Crippen LogP contribution is 1.96. The molecule has 36 valence electrons. The van der Waals surface area contributed by atoms with Crippen molar-refractivity contribution in [2.45, 2.75) is 13.8 Å². The van der Waals surface area contributed by atoms with E-state index in [-0.39, 0.29) is 0 Å². The van der Waals surface area contributed by atoms with Crippen molar-refractivity contribution in [1.82, 2.24) is 5.43 Å². The van der Waals surface area contributed by atoms with Crippen LogP contribution in [0.25, 0.3) is 0 Å². The van der Waals surface area contributed by atoms with Gasteiger partial charge in [-0.2, -0.15) is 10.5 Å². The molecule has 0 aromatic heterocycles. The van der Waals surface area contributed by atoms with Gasteiger partial charge in [-0.3, -0.25) is 0 Å². The van der Waals surface area contributed by atoms with Crippen LogP contribution in [0, 0.1) is 6.08 Å². The van der Waals surface area contributed by atoms with Crippen molar-refractivity contribution in [2.75, 3.05) is 0 Å². The standard InChI is InChI=1S/C5H6N2/c1-4-3-5(2)7-6-4/h1-2H3. The van der Waals surface area contributed by atoms with Crippen LogP contribution in [0.15, 0.2) is 10.8 Å². The zero-order chi connectivity index (χ0) is 5.28. The summed E-state index contributed by atoms with van der Waals surface area (Å²) in [4.78, 5) is 0. The molecule has 1 aliphatic rings. The molecule has 0 unspecified atom stereocenters. The van der Waals surface area contributed by atoms with Gasteiger partial charge in [-0.05, 0) is 13.8 Å². The number of hydrogen-bond donors (Lipinski definition) is 0. The Morgan fingerprint density at radius 3 is 2.29 bits per heavy atom. The summed E-state index contributed by atoms with van der Waals surface area (Å²) >= 11 is 0. The molecule has 0 bridgehead atoms. The highest BCUT2D eigenvalue weighted by Gasteiger charge is 1.98. The van der Waals surface area contributed by atoms with E-state index in [0.29, 0.717) is 0 Å². The van der Waals surface area contributed by atoms with E-state index in [2.05, 4.69) is 16.6 Å². The summed E-state index contributed by atoms with van der Waals surface area (Å²) in [7, 11) is 0. The Morgan fingerprint density at radius 1 is 1.43 bits per heavy atom. The molecule has 1 aliphatic heterocycles. The third kappa shape index (κ3) is 0.796. The van der Waals surface area contributed by atoms with Gasteiger partial charge in [-0.15, -0.1) is 0 Å². The number of hydrogen-bond acceptors (Lipinski definition) is 1. The van der Waals surface area contributed by atoms with E-state index in [9.17, 15) is 0 Å². The second-order valence-corrected chi connectivity index (χ2v) is 1.50. The molecule has 2 radical (unpaired) electrons. The molecule has 1 heterocycles. The van der Waals surface area contributed by atoms with E-state index in [1.807, 2.05) is 13.8 Å². The second-order valence-electron chi connectivity index (χ2n) is 1.50. The average Bonchev–Trinajstić information content (AvgIpc) is 1.87. The molecule has 0 atom stereocenters. The third-order valence-electron chi connectivity index (χ3n) is 0.712. The fourth-order valence-electron chi connectivity index (χ4n) is 0.462. The van der Waals surface area contributed by atoms with Crippen LogP contribution in [0.5, 0.6) is 0 Å². The molecule has 0 amide bonds. The van der Waals surface area contributed by atoms with Crippen LogP contribution >= 0.6 is 0 Å². The molecule has 0 N–H and O–H groups in total. The lowest BCUT2D eigenvalue weighted by Crippen LogP contribution is -1.82. The predicted octanol–water partition coefficient (Wildman–Crippen LogP) is 0.687. The van der Waals surface area contributed by atoms with E-state index in [4.69, 9.17) is 0 Å². The molecule has 2 nitrogen and oxygen atoms in total. The maximum absolute atomic E-state index is 3.71. The summed E-state index contributed by atoms with van der Waals surface area (Å²) in [5, 5.41) is 3.71. The first-order valence-corrected chi connectivity index (χ1v) is 2.15. The summed E-state index contributed by atoms with van der Waals surface area (Å²) in [5.74, 6) is 0. The molecule has 0 aromatic rings. The van der Waals surface area contributed by atoms with Gasteiger partial charge in [0.1, 0.15) is 0 Å². The maximum atomic E-state index is 3.71. The zero-order valence-electron chi connectivity index (χ0n) is 4.39. The van der Waals surface area contributed by atoms with E-state index < -0.39 is 0 Å². The van der Waals surface area contributed by atoms with E-state index in [1.165, 1.54) is 0 Å². The molecule has 0 spiro atoms. The highest BCUT2D eigenvalue weighted by molar-refractivity contribution is 5.90. The van der Waals surface area contributed by atoms with Crippen molar-refractivity contribution in [3.05, 3.63) is 11.8 Å². The Labute approximate surface area is 42.9 Å². The minimum Gasteiger partial charge on any atom is -0.155 e. The quantitative estimate of drug-likeness (QED) is 0.422. The first kappa shape index (κ1) is 4.37. The zero-order valence-corrected chi connectivity index (χ0v) is 4.39. The average molecular weight is 94.1 g/mol. The highest BCUT2D eigenvalue weighted by atomic mass is 15.3. The number of allylic oxidation sites excluding steroid dienone is 2. The summed E-state index contributed by atoms with van der Waals surface area (Å²) in [6.07, 6.45) is 2.92. The predicted molar refractivity (Wildman–Crippen MR) is 27.7 cm³/mol. The molecular weight excluding hydrogens is 88.1 g/mol. The van der Waals surface area contributed by atoms with Crippen LogP contribution in [0.3, 0.4) is 0 Å². The lowest BCUT2D eigenvalue weighted by atomic mass is 10.4. The van der Waals surface area contributed by atoms with Crippen molar-refractivity contribution >= 4 is 5.71 Å². The monoisotopic (exact) mass is 94.1 g/mol. The Balaban J connectivity index is 2.69. The molecule has 0 saturated heterocycles. The van der Waals surface area contributed by atoms with Crippen LogP contribution in [-0.4, -0.2) is 5.71 Å². The van der Waals surface area contributed by atoms with Gasteiger partial charge in [0.15, 0.2) is 0 Å². The van der Waals surface area contributed by atoms with Crippen LogP contribution in [0.2, 0.25) is 0 Å². The summed E-state index contributed by atoms with van der Waals surface area (Å²) < 4.78 is 0. The summed E-state index contributed by atoms with van der Waals surface area (Å²) in [5.41, 5.74) is 5.46. The van der Waals surface area contributed by atoms with Gasteiger partial charge in [0.2, 0.25) is 0 Å². The first-order chi connectivity index (χ1) is 3.29. The molecular formula is C5H6N2. The SMILES string of the molecule is CC1=[C]C(C)=N[N]1. The summed E-state index contributed by atoms with van der Waals surface area (Å²) in [6.45, 7) is 3.75. The molecule has 0 aliphatic carbocycles. The van der Waals surface area contributed by atoms with E-state index >= 15 is 0 Å². The van der Waals surface area contributed by atoms with Crippen molar-refractivity contribution in [3.8, 4) is 0 Å².